The summed E-state index contributed by atoms with van der Waals surface area (Å²) in [5.74, 6) is -2.56. The second-order valence-corrected chi connectivity index (χ2v) is 5.85. The first-order valence-electron chi connectivity index (χ1n) is 8.21. The van der Waals surface area contributed by atoms with Crippen molar-refractivity contribution >= 4 is 34.0 Å². The number of ether oxygens (including phenoxy) is 1. The standard InChI is InChI=1S/C18H13FN4O6/c19-13-6-5-10(23(27)28)7-15(13)20-16(24)9-29-17(25)8-14-11-3-1-2-4-12(11)18(26)22-21-14/h1-7H,8-9H2,(H,20,24)(H,22,26). The predicted octanol–water partition coefficient (Wildman–Crippen LogP) is 1.69. The zero-order chi connectivity index (χ0) is 21.0. The van der Waals surface area contributed by atoms with Crippen LogP contribution in [0.15, 0.2) is 47.3 Å². The summed E-state index contributed by atoms with van der Waals surface area (Å²) < 4.78 is 18.5. The van der Waals surface area contributed by atoms with E-state index in [-0.39, 0.29) is 12.1 Å². The normalized spacial score (nSPS) is 10.5. The zero-order valence-electron chi connectivity index (χ0n) is 14.7. The molecule has 2 aromatic carbocycles. The summed E-state index contributed by atoms with van der Waals surface area (Å²) in [5.41, 5.74) is -0.963. The molecule has 0 saturated carbocycles. The van der Waals surface area contributed by atoms with Crippen LogP contribution in [-0.4, -0.2) is 33.6 Å². The molecule has 0 atom stereocenters. The second kappa shape index (κ2) is 8.25. The molecule has 148 valence electrons. The number of aromatic amines is 1. The minimum atomic E-state index is -0.878. The minimum Gasteiger partial charge on any atom is -0.455 e. The van der Waals surface area contributed by atoms with Gasteiger partial charge in [-0.2, -0.15) is 5.10 Å². The third-order valence-electron chi connectivity index (χ3n) is 3.89. The van der Waals surface area contributed by atoms with Crippen molar-refractivity contribution in [1.29, 1.82) is 0 Å². The molecule has 10 nitrogen and oxygen atoms in total. The van der Waals surface area contributed by atoms with Gasteiger partial charge in [-0.3, -0.25) is 24.5 Å². The van der Waals surface area contributed by atoms with Crippen molar-refractivity contribution in [1.82, 2.24) is 10.2 Å². The molecule has 1 heterocycles. The number of rotatable bonds is 6. The van der Waals surface area contributed by atoms with E-state index in [0.29, 0.717) is 10.8 Å². The average Bonchev–Trinajstić information content (AvgIpc) is 2.70. The van der Waals surface area contributed by atoms with Crippen molar-refractivity contribution in [2.45, 2.75) is 6.42 Å². The second-order valence-electron chi connectivity index (χ2n) is 5.85. The van der Waals surface area contributed by atoms with E-state index < -0.39 is 46.2 Å². The lowest BCUT2D eigenvalue weighted by atomic mass is 10.1. The van der Waals surface area contributed by atoms with E-state index >= 15 is 0 Å². The van der Waals surface area contributed by atoms with Gasteiger partial charge in [-0.25, -0.2) is 9.49 Å². The monoisotopic (exact) mass is 400 g/mol. The van der Waals surface area contributed by atoms with Gasteiger partial charge >= 0.3 is 5.97 Å². The molecule has 2 N–H and O–H groups in total. The first-order valence-corrected chi connectivity index (χ1v) is 8.21. The molecular weight excluding hydrogens is 387 g/mol. The number of nitrogens with one attached hydrogen (secondary N) is 2. The molecule has 1 aromatic heterocycles. The topological polar surface area (TPSA) is 144 Å². The Morgan fingerprint density at radius 1 is 1.21 bits per heavy atom. The molecule has 0 aliphatic heterocycles. The highest BCUT2D eigenvalue weighted by Crippen LogP contribution is 2.21. The summed E-state index contributed by atoms with van der Waals surface area (Å²) in [4.78, 5) is 45.6. The van der Waals surface area contributed by atoms with E-state index in [1.165, 1.54) is 0 Å². The summed E-state index contributed by atoms with van der Waals surface area (Å²) in [6, 6.07) is 9.19. The lowest BCUT2D eigenvalue weighted by molar-refractivity contribution is -0.384. The first kappa shape index (κ1) is 19.6. The van der Waals surface area contributed by atoms with Crippen LogP contribution >= 0.6 is 0 Å². The number of nitrogens with zero attached hydrogens (tertiary/aromatic N) is 2. The summed E-state index contributed by atoms with van der Waals surface area (Å²) in [6.45, 7) is -0.734. The number of carbonyl (C=O) groups is 2. The molecule has 0 bridgehead atoms. The first-order chi connectivity index (χ1) is 13.8. The van der Waals surface area contributed by atoms with E-state index in [2.05, 4.69) is 15.5 Å². The number of nitro groups is 1. The van der Waals surface area contributed by atoms with Gasteiger partial charge in [-0.05, 0) is 12.1 Å². The molecule has 0 fully saturated rings. The summed E-state index contributed by atoms with van der Waals surface area (Å²) in [5, 5.41) is 19.8. The van der Waals surface area contributed by atoms with Crippen LogP contribution in [-0.2, 0) is 20.7 Å². The van der Waals surface area contributed by atoms with Gasteiger partial charge < -0.3 is 10.1 Å². The number of H-pyrrole nitrogens is 1. The van der Waals surface area contributed by atoms with Crippen LogP contribution in [0.1, 0.15) is 5.69 Å². The highest BCUT2D eigenvalue weighted by atomic mass is 19.1. The fraction of sp³-hybridized carbons (Fsp3) is 0.111. The Balaban J connectivity index is 1.62. The molecular formula is C18H13FN4O6. The van der Waals surface area contributed by atoms with Gasteiger partial charge in [0, 0.05) is 17.5 Å². The molecule has 11 heteroatoms. The summed E-state index contributed by atoms with van der Waals surface area (Å²) in [6.07, 6.45) is -0.310. The van der Waals surface area contributed by atoms with E-state index in [9.17, 15) is 28.9 Å². The Morgan fingerprint density at radius 3 is 2.66 bits per heavy atom. The van der Waals surface area contributed by atoms with Crippen LogP contribution in [0, 0.1) is 15.9 Å². The Bertz CT molecular complexity index is 1180. The number of anilines is 1. The van der Waals surface area contributed by atoms with Gasteiger partial charge in [0.2, 0.25) is 0 Å². The van der Waals surface area contributed by atoms with E-state index in [1.807, 2.05) is 0 Å². The number of esters is 1. The molecule has 3 rings (SSSR count). The van der Waals surface area contributed by atoms with Gasteiger partial charge in [0.15, 0.2) is 6.61 Å². The maximum Gasteiger partial charge on any atom is 0.312 e. The highest BCUT2D eigenvalue weighted by Gasteiger charge is 2.16. The largest absolute Gasteiger partial charge is 0.455 e. The van der Waals surface area contributed by atoms with Gasteiger partial charge in [0.25, 0.3) is 17.2 Å². The molecule has 29 heavy (non-hydrogen) atoms. The van der Waals surface area contributed by atoms with Gasteiger partial charge in [-0.15, -0.1) is 0 Å². The molecule has 0 radical (unpaired) electrons. The molecule has 3 aromatic rings. The van der Waals surface area contributed by atoms with Gasteiger partial charge in [0.05, 0.1) is 28.1 Å². The Kier molecular flexibility index (Phi) is 5.58. The van der Waals surface area contributed by atoms with Crippen molar-refractivity contribution in [3.8, 4) is 0 Å². The van der Waals surface area contributed by atoms with Crippen molar-refractivity contribution in [3.05, 3.63) is 74.4 Å². The van der Waals surface area contributed by atoms with Crippen molar-refractivity contribution < 1.29 is 23.6 Å². The third kappa shape index (κ3) is 4.58. The summed E-state index contributed by atoms with van der Waals surface area (Å²) >= 11 is 0. The molecule has 0 unspecified atom stereocenters. The number of nitro benzene ring substituents is 1. The SMILES string of the molecule is O=C(COC(=O)Cc1n[nH]c(=O)c2ccccc12)Nc1cc([N+](=O)[O-])ccc1F. The van der Waals surface area contributed by atoms with Crippen LogP contribution in [0.2, 0.25) is 0 Å². The number of benzene rings is 2. The quantitative estimate of drug-likeness (QED) is 0.364. The smallest absolute Gasteiger partial charge is 0.312 e. The van der Waals surface area contributed by atoms with Crippen LogP contribution in [0.25, 0.3) is 10.8 Å². The van der Waals surface area contributed by atoms with E-state index in [0.717, 1.165) is 18.2 Å². The number of non-ortho nitro benzene ring substituents is 1. The predicted molar refractivity (Wildman–Crippen MR) is 98.7 cm³/mol. The van der Waals surface area contributed by atoms with Gasteiger partial charge in [-0.1, -0.05) is 18.2 Å². The van der Waals surface area contributed by atoms with Crippen molar-refractivity contribution in [3.63, 3.8) is 0 Å². The number of aromatic nitrogens is 2. The number of hydrogen-bond acceptors (Lipinski definition) is 7. The molecule has 0 saturated heterocycles. The average molecular weight is 400 g/mol. The zero-order valence-corrected chi connectivity index (χ0v) is 14.7. The Morgan fingerprint density at radius 2 is 1.93 bits per heavy atom. The molecule has 1 amide bonds. The maximum atomic E-state index is 13.7. The van der Waals surface area contributed by atoms with E-state index in [4.69, 9.17) is 4.74 Å². The molecule has 0 aliphatic rings. The van der Waals surface area contributed by atoms with Crippen molar-refractivity contribution in [2.75, 3.05) is 11.9 Å². The number of fused-ring (bicyclic) bond motifs is 1. The van der Waals surface area contributed by atoms with Gasteiger partial charge in [0.1, 0.15) is 5.82 Å². The third-order valence-corrected chi connectivity index (χ3v) is 3.89. The van der Waals surface area contributed by atoms with Crippen LogP contribution < -0.4 is 10.9 Å². The number of halogens is 1. The van der Waals surface area contributed by atoms with Crippen LogP contribution in [0.4, 0.5) is 15.8 Å². The minimum absolute atomic E-state index is 0.260. The highest BCUT2D eigenvalue weighted by molar-refractivity contribution is 5.93. The maximum absolute atomic E-state index is 13.7. The summed E-state index contributed by atoms with van der Waals surface area (Å²) in [7, 11) is 0. The van der Waals surface area contributed by atoms with Crippen LogP contribution in [0.5, 0.6) is 0 Å². The lowest BCUT2D eigenvalue weighted by Crippen LogP contribution is -2.23. The number of amides is 1. The number of carbonyl (C=O) groups excluding carboxylic acids is 2. The Labute approximate surface area is 161 Å². The van der Waals surface area contributed by atoms with E-state index in [1.54, 1.807) is 24.3 Å². The Hall–Kier alpha value is -4.15. The number of hydrogen-bond donors (Lipinski definition) is 2. The lowest BCUT2D eigenvalue weighted by Gasteiger charge is -2.08. The fourth-order valence-corrected chi connectivity index (χ4v) is 2.55. The molecule has 0 aliphatic carbocycles. The fourth-order valence-electron chi connectivity index (χ4n) is 2.55. The van der Waals surface area contributed by atoms with Crippen LogP contribution in [0.3, 0.4) is 0 Å². The molecule has 0 spiro atoms. The van der Waals surface area contributed by atoms with Crippen molar-refractivity contribution in [2.24, 2.45) is 0 Å².